The number of carbonyl (C=O) groups is 1. The topological polar surface area (TPSA) is 46.9 Å². The van der Waals surface area contributed by atoms with E-state index in [-0.39, 0.29) is 5.91 Å². The van der Waals surface area contributed by atoms with E-state index in [2.05, 4.69) is 16.5 Å². The largest absolute Gasteiger partial charge is 0.355 e. The predicted molar refractivity (Wildman–Crippen MR) is 96.9 cm³/mol. The number of aromatic nitrogens is 2. The van der Waals surface area contributed by atoms with Gasteiger partial charge in [0.1, 0.15) is 0 Å². The molecule has 1 heterocycles. The van der Waals surface area contributed by atoms with Crippen molar-refractivity contribution in [1.29, 1.82) is 0 Å². The number of hydrogen-bond donors (Lipinski definition) is 1. The Morgan fingerprint density at radius 2 is 2.04 bits per heavy atom. The molecule has 0 aliphatic heterocycles. The Hall–Kier alpha value is -1.46. The van der Waals surface area contributed by atoms with Crippen LogP contribution in [0.25, 0.3) is 0 Å². The molecule has 0 saturated carbocycles. The zero-order chi connectivity index (χ0) is 16.7. The van der Waals surface area contributed by atoms with Gasteiger partial charge >= 0.3 is 0 Å². The van der Waals surface area contributed by atoms with Crippen molar-refractivity contribution < 1.29 is 4.79 Å². The van der Waals surface area contributed by atoms with Gasteiger partial charge in [-0.05, 0) is 44.0 Å². The summed E-state index contributed by atoms with van der Waals surface area (Å²) in [5.74, 6) is 1.37. The molecule has 0 bridgehead atoms. The lowest BCUT2D eigenvalue weighted by Crippen LogP contribution is -2.27. The summed E-state index contributed by atoms with van der Waals surface area (Å²) in [6.07, 6.45) is 0.884. The molecule has 0 aliphatic carbocycles. The van der Waals surface area contributed by atoms with Crippen LogP contribution in [-0.2, 0) is 17.1 Å². The smallest absolute Gasteiger partial charge is 0.230 e. The van der Waals surface area contributed by atoms with E-state index in [9.17, 15) is 4.79 Å². The summed E-state index contributed by atoms with van der Waals surface area (Å²) in [6.45, 7) is 5.55. The quantitative estimate of drug-likeness (QED) is 0.739. The number of amides is 1. The van der Waals surface area contributed by atoms with Gasteiger partial charge in [0.2, 0.25) is 5.91 Å². The molecular formula is C17H22ClN3OS. The Morgan fingerprint density at radius 1 is 1.30 bits per heavy atom. The molecule has 1 N–H and O–H groups in total. The summed E-state index contributed by atoms with van der Waals surface area (Å²) in [4.78, 5) is 11.8. The second-order valence-electron chi connectivity index (χ2n) is 5.47. The minimum atomic E-state index is 0.0809. The fraction of sp³-hybridized carbons (Fsp3) is 0.412. The molecule has 0 aliphatic rings. The second-order valence-corrected chi connectivity index (χ2v) is 6.90. The van der Waals surface area contributed by atoms with Crippen molar-refractivity contribution >= 4 is 29.3 Å². The van der Waals surface area contributed by atoms with E-state index in [4.69, 9.17) is 11.6 Å². The maximum atomic E-state index is 11.8. The monoisotopic (exact) mass is 351 g/mol. The van der Waals surface area contributed by atoms with Crippen LogP contribution in [0.1, 0.15) is 23.4 Å². The van der Waals surface area contributed by atoms with Crippen LogP contribution in [0, 0.1) is 13.8 Å². The zero-order valence-electron chi connectivity index (χ0n) is 13.5. The van der Waals surface area contributed by atoms with Crippen LogP contribution in [0.2, 0.25) is 5.02 Å². The summed E-state index contributed by atoms with van der Waals surface area (Å²) in [5.41, 5.74) is 3.37. The lowest BCUT2D eigenvalue weighted by atomic mass is 10.2. The number of rotatable bonds is 8. The summed E-state index contributed by atoms with van der Waals surface area (Å²) in [6, 6.07) is 9.78. The van der Waals surface area contributed by atoms with Crippen molar-refractivity contribution in [2.45, 2.75) is 32.6 Å². The first-order chi connectivity index (χ1) is 11.0. The molecule has 0 spiro atoms. The molecule has 6 heteroatoms. The molecule has 0 saturated heterocycles. The van der Waals surface area contributed by atoms with Gasteiger partial charge in [0, 0.05) is 29.6 Å². The van der Waals surface area contributed by atoms with Gasteiger partial charge in [-0.2, -0.15) is 5.10 Å². The fourth-order valence-electron chi connectivity index (χ4n) is 2.25. The molecule has 0 unspecified atom stereocenters. The van der Waals surface area contributed by atoms with Crippen LogP contribution in [-0.4, -0.2) is 28.0 Å². The number of halogens is 1. The lowest BCUT2D eigenvalue weighted by molar-refractivity contribution is -0.118. The van der Waals surface area contributed by atoms with Gasteiger partial charge in [-0.25, -0.2) is 0 Å². The van der Waals surface area contributed by atoms with Gasteiger partial charge in [-0.3, -0.25) is 9.48 Å². The molecule has 23 heavy (non-hydrogen) atoms. The third-order valence-corrected chi connectivity index (χ3v) is 4.64. The fourth-order valence-corrected chi connectivity index (χ4v) is 3.19. The molecule has 0 atom stereocenters. The Balaban J connectivity index is 1.58. The number of hydrogen-bond acceptors (Lipinski definition) is 3. The Morgan fingerprint density at radius 3 is 2.70 bits per heavy atom. The van der Waals surface area contributed by atoms with Gasteiger partial charge in [0.25, 0.3) is 0 Å². The number of carbonyl (C=O) groups excluding carboxylic acids is 1. The van der Waals surface area contributed by atoms with E-state index in [0.29, 0.717) is 12.3 Å². The summed E-state index contributed by atoms with van der Waals surface area (Å²) >= 11 is 7.45. The minimum Gasteiger partial charge on any atom is -0.355 e. The van der Waals surface area contributed by atoms with E-state index in [0.717, 1.165) is 35.1 Å². The first-order valence-electron chi connectivity index (χ1n) is 7.64. The van der Waals surface area contributed by atoms with E-state index in [1.54, 1.807) is 11.8 Å². The molecule has 1 aromatic heterocycles. The molecule has 0 radical (unpaired) electrons. The van der Waals surface area contributed by atoms with Crippen molar-refractivity contribution in [3.8, 4) is 0 Å². The SMILES string of the molecule is Cc1cc(C)n(CCCNC(=O)CSCc2ccc(Cl)cc2)n1. The Labute approximate surface area is 146 Å². The molecule has 2 aromatic rings. The highest BCUT2D eigenvalue weighted by atomic mass is 35.5. The number of nitrogens with zero attached hydrogens (tertiary/aromatic N) is 2. The molecule has 0 fully saturated rings. The van der Waals surface area contributed by atoms with Crippen molar-refractivity contribution in [3.05, 3.63) is 52.3 Å². The minimum absolute atomic E-state index is 0.0809. The maximum Gasteiger partial charge on any atom is 0.230 e. The zero-order valence-corrected chi connectivity index (χ0v) is 15.1. The molecule has 124 valence electrons. The van der Waals surface area contributed by atoms with E-state index >= 15 is 0 Å². The van der Waals surface area contributed by atoms with Gasteiger partial charge in [-0.1, -0.05) is 23.7 Å². The number of benzene rings is 1. The maximum absolute atomic E-state index is 11.8. The predicted octanol–water partition coefficient (Wildman–Crippen LogP) is 3.59. The Kier molecular flexibility index (Phi) is 6.99. The average molecular weight is 352 g/mol. The first-order valence-corrected chi connectivity index (χ1v) is 9.18. The third-order valence-electron chi connectivity index (χ3n) is 3.39. The van der Waals surface area contributed by atoms with Crippen molar-refractivity contribution in [2.24, 2.45) is 0 Å². The van der Waals surface area contributed by atoms with E-state index < -0.39 is 0 Å². The van der Waals surface area contributed by atoms with Crippen LogP contribution in [0.5, 0.6) is 0 Å². The van der Waals surface area contributed by atoms with Crippen LogP contribution >= 0.6 is 23.4 Å². The van der Waals surface area contributed by atoms with Crippen LogP contribution in [0.3, 0.4) is 0 Å². The molecule has 1 aromatic carbocycles. The summed E-state index contributed by atoms with van der Waals surface area (Å²) < 4.78 is 1.98. The Bertz CT molecular complexity index is 640. The number of aryl methyl sites for hydroxylation is 3. The highest BCUT2D eigenvalue weighted by molar-refractivity contribution is 7.99. The van der Waals surface area contributed by atoms with Gasteiger partial charge < -0.3 is 5.32 Å². The summed E-state index contributed by atoms with van der Waals surface area (Å²) in [5, 5.41) is 8.09. The van der Waals surface area contributed by atoms with Crippen LogP contribution in [0.15, 0.2) is 30.3 Å². The summed E-state index contributed by atoms with van der Waals surface area (Å²) in [7, 11) is 0. The number of thioether (sulfide) groups is 1. The van der Waals surface area contributed by atoms with E-state index in [1.165, 1.54) is 5.56 Å². The van der Waals surface area contributed by atoms with Gasteiger partial charge in [0.15, 0.2) is 0 Å². The van der Waals surface area contributed by atoms with Crippen molar-refractivity contribution in [2.75, 3.05) is 12.3 Å². The highest BCUT2D eigenvalue weighted by Gasteiger charge is 2.03. The van der Waals surface area contributed by atoms with Crippen molar-refractivity contribution in [3.63, 3.8) is 0 Å². The average Bonchev–Trinajstić information content (AvgIpc) is 2.83. The lowest BCUT2D eigenvalue weighted by Gasteiger charge is -2.07. The van der Waals surface area contributed by atoms with E-state index in [1.807, 2.05) is 42.8 Å². The molecule has 2 rings (SSSR count). The standard InChI is InChI=1S/C17H22ClN3OS/c1-13-10-14(2)21(20-13)9-3-8-19-17(22)12-23-11-15-4-6-16(18)7-5-15/h4-7,10H,3,8-9,11-12H2,1-2H3,(H,19,22). The number of nitrogens with one attached hydrogen (secondary N) is 1. The highest BCUT2D eigenvalue weighted by Crippen LogP contribution is 2.15. The second kappa shape index (κ2) is 8.99. The van der Waals surface area contributed by atoms with Gasteiger partial charge in [0.05, 0.1) is 11.4 Å². The van der Waals surface area contributed by atoms with Crippen LogP contribution < -0.4 is 5.32 Å². The van der Waals surface area contributed by atoms with Crippen molar-refractivity contribution in [1.82, 2.24) is 15.1 Å². The first kappa shape index (κ1) is 17.9. The molecular weight excluding hydrogens is 330 g/mol. The molecule has 4 nitrogen and oxygen atoms in total. The third kappa shape index (κ3) is 6.28. The molecule has 1 amide bonds. The van der Waals surface area contributed by atoms with Gasteiger partial charge in [-0.15, -0.1) is 11.8 Å². The van der Waals surface area contributed by atoms with Crippen LogP contribution in [0.4, 0.5) is 0 Å². The normalized spacial score (nSPS) is 10.7.